The zero-order valence-corrected chi connectivity index (χ0v) is 13.7. The zero-order chi connectivity index (χ0) is 16.9. The molecule has 1 aromatic carbocycles. The van der Waals surface area contributed by atoms with Crippen LogP contribution in [0.5, 0.6) is 0 Å². The van der Waals surface area contributed by atoms with Crippen molar-refractivity contribution in [2.24, 2.45) is 5.73 Å². The lowest BCUT2D eigenvalue weighted by molar-refractivity contribution is -0.118. The van der Waals surface area contributed by atoms with Crippen molar-refractivity contribution in [3.05, 3.63) is 28.8 Å². The normalized spacial score (nSPS) is 11.2. The van der Waals surface area contributed by atoms with E-state index in [1.165, 1.54) is 13.1 Å². The van der Waals surface area contributed by atoms with Crippen LogP contribution >= 0.6 is 0 Å². The molecule has 0 heterocycles. The van der Waals surface area contributed by atoms with Gasteiger partial charge >= 0.3 is 0 Å². The van der Waals surface area contributed by atoms with E-state index in [9.17, 15) is 18.0 Å². The van der Waals surface area contributed by atoms with Gasteiger partial charge in [-0.2, -0.15) is 0 Å². The van der Waals surface area contributed by atoms with Gasteiger partial charge in [-0.05, 0) is 50.6 Å². The van der Waals surface area contributed by atoms with Crippen LogP contribution in [0.3, 0.4) is 0 Å². The Balaban J connectivity index is 2.97. The molecule has 0 radical (unpaired) electrons. The molecule has 0 atom stereocenters. The Hall–Kier alpha value is -1.93. The van der Waals surface area contributed by atoms with E-state index in [1.54, 1.807) is 19.9 Å². The highest BCUT2D eigenvalue weighted by Gasteiger charge is 2.19. The molecule has 122 valence electrons. The second-order valence-corrected chi connectivity index (χ2v) is 6.80. The molecule has 0 saturated heterocycles. The van der Waals surface area contributed by atoms with E-state index < -0.39 is 15.9 Å². The molecule has 8 heteroatoms. The van der Waals surface area contributed by atoms with Gasteiger partial charge in [0.2, 0.25) is 15.9 Å². The van der Waals surface area contributed by atoms with Crippen LogP contribution in [0.2, 0.25) is 0 Å². The van der Waals surface area contributed by atoms with Crippen molar-refractivity contribution in [3.8, 4) is 0 Å². The zero-order valence-electron chi connectivity index (χ0n) is 12.9. The van der Waals surface area contributed by atoms with Crippen molar-refractivity contribution in [2.75, 3.05) is 13.6 Å². The summed E-state index contributed by atoms with van der Waals surface area (Å²) in [4.78, 5) is 22.8. The van der Waals surface area contributed by atoms with E-state index in [1.807, 2.05) is 0 Å². The van der Waals surface area contributed by atoms with Gasteiger partial charge in [-0.25, -0.2) is 13.1 Å². The molecule has 0 bridgehead atoms. The molecule has 2 amide bonds. The van der Waals surface area contributed by atoms with E-state index in [-0.39, 0.29) is 22.8 Å². The smallest absolute Gasteiger partial charge is 0.251 e. The summed E-state index contributed by atoms with van der Waals surface area (Å²) in [5, 5.41) is 2.64. The van der Waals surface area contributed by atoms with Crippen LogP contribution in [-0.4, -0.2) is 33.8 Å². The van der Waals surface area contributed by atoms with Crippen LogP contribution in [0.1, 0.15) is 34.3 Å². The number of aryl methyl sites for hydroxylation is 1. The third kappa shape index (κ3) is 4.54. The summed E-state index contributed by atoms with van der Waals surface area (Å²) < 4.78 is 26.2. The van der Waals surface area contributed by atoms with Gasteiger partial charge < -0.3 is 11.1 Å². The highest BCUT2D eigenvalue weighted by atomic mass is 32.2. The van der Waals surface area contributed by atoms with Crippen molar-refractivity contribution in [1.29, 1.82) is 0 Å². The van der Waals surface area contributed by atoms with Crippen molar-refractivity contribution < 1.29 is 18.0 Å². The van der Waals surface area contributed by atoms with E-state index in [0.29, 0.717) is 24.1 Å². The Morgan fingerprint density at radius 2 is 1.86 bits per heavy atom. The molecule has 0 aliphatic rings. The molecule has 22 heavy (non-hydrogen) atoms. The molecular formula is C14H21N3O4S. The third-order valence-electron chi connectivity index (χ3n) is 3.33. The monoisotopic (exact) mass is 327 g/mol. The maximum atomic E-state index is 12.1. The van der Waals surface area contributed by atoms with Crippen LogP contribution in [-0.2, 0) is 14.8 Å². The van der Waals surface area contributed by atoms with Crippen molar-refractivity contribution in [3.63, 3.8) is 0 Å². The molecule has 4 N–H and O–H groups in total. The average Bonchev–Trinajstić information content (AvgIpc) is 2.45. The van der Waals surface area contributed by atoms with Crippen molar-refractivity contribution in [1.82, 2.24) is 10.0 Å². The van der Waals surface area contributed by atoms with Gasteiger partial charge in [-0.1, -0.05) is 0 Å². The number of sulfonamides is 1. The van der Waals surface area contributed by atoms with Gasteiger partial charge in [0.1, 0.15) is 0 Å². The minimum absolute atomic E-state index is 0.0808. The van der Waals surface area contributed by atoms with E-state index in [4.69, 9.17) is 5.73 Å². The molecule has 0 unspecified atom stereocenters. The summed E-state index contributed by atoms with van der Waals surface area (Å²) >= 11 is 0. The fourth-order valence-electron chi connectivity index (χ4n) is 1.91. The first-order chi connectivity index (χ1) is 10.2. The molecule has 0 aliphatic carbocycles. The van der Waals surface area contributed by atoms with Gasteiger partial charge in [-0.3, -0.25) is 9.59 Å². The highest BCUT2D eigenvalue weighted by molar-refractivity contribution is 7.89. The minimum atomic E-state index is -3.63. The van der Waals surface area contributed by atoms with Crippen molar-refractivity contribution in [2.45, 2.75) is 31.6 Å². The first-order valence-electron chi connectivity index (χ1n) is 6.80. The topological polar surface area (TPSA) is 118 Å². The number of hydrogen-bond donors (Lipinski definition) is 3. The largest absolute Gasteiger partial charge is 0.370 e. The van der Waals surface area contributed by atoms with Crippen LogP contribution in [0.15, 0.2) is 17.0 Å². The van der Waals surface area contributed by atoms with Gasteiger partial charge in [0.25, 0.3) is 5.91 Å². The van der Waals surface area contributed by atoms with E-state index >= 15 is 0 Å². The summed E-state index contributed by atoms with van der Waals surface area (Å²) in [6.07, 6.45) is 0.625. The summed E-state index contributed by atoms with van der Waals surface area (Å²) in [6, 6.07) is 2.98. The molecule has 0 fully saturated rings. The Bertz CT molecular complexity index is 684. The first-order valence-corrected chi connectivity index (χ1v) is 8.28. The number of hydrogen-bond acceptors (Lipinski definition) is 4. The lowest BCUT2D eigenvalue weighted by atomic mass is 10.1. The lowest BCUT2D eigenvalue weighted by Crippen LogP contribution is -2.27. The first kappa shape index (κ1) is 18.1. The molecular weight excluding hydrogens is 306 g/mol. The number of rotatable bonds is 7. The van der Waals surface area contributed by atoms with Crippen molar-refractivity contribution >= 4 is 21.8 Å². The summed E-state index contributed by atoms with van der Waals surface area (Å²) in [7, 11) is -2.31. The van der Waals surface area contributed by atoms with Crippen LogP contribution < -0.4 is 15.8 Å². The Labute approximate surface area is 130 Å². The number of amides is 2. The number of nitrogens with two attached hydrogens (primary N) is 1. The van der Waals surface area contributed by atoms with Gasteiger partial charge in [-0.15, -0.1) is 0 Å². The van der Waals surface area contributed by atoms with E-state index in [0.717, 1.165) is 0 Å². The fraction of sp³-hybridized carbons (Fsp3) is 0.429. The summed E-state index contributed by atoms with van der Waals surface area (Å²) in [5.74, 6) is -0.817. The Kier molecular flexibility index (Phi) is 6.07. The maximum Gasteiger partial charge on any atom is 0.251 e. The molecule has 0 aromatic heterocycles. The fourth-order valence-corrected chi connectivity index (χ4v) is 2.98. The summed E-state index contributed by atoms with van der Waals surface area (Å²) in [5.41, 5.74) is 6.58. The number of benzene rings is 1. The number of nitrogens with one attached hydrogen (secondary N) is 2. The molecule has 0 saturated carbocycles. The number of carbonyl (C=O) groups is 2. The van der Waals surface area contributed by atoms with Gasteiger partial charge in [0.05, 0.1) is 4.90 Å². The predicted octanol–water partition coefficient (Wildman–Crippen LogP) is 0.207. The highest BCUT2D eigenvalue weighted by Crippen LogP contribution is 2.21. The Morgan fingerprint density at radius 1 is 1.23 bits per heavy atom. The number of carbonyl (C=O) groups excluding carboxylic acids is 2. The minimum Gasteiger partial charge on any atom is -0.370 e. The SMILES string of the molecule is CNS(=O)(=O)c1cc(C(=O)NCCCC(N)=O)cc(C)c1C. The Morgan fingerprint density at radius 3 is 2.41 bits per heavy atom. The molecule has 0 aliphatic heterocycles. The van der Waals surface area contributed by atoms with Gasteiger partial charge in [0.15, 0.2) is 0 Å². The lowest BCUT2D eigenvalue weighted by Gasteiger charge is -2.12. The molecule has 1 rings (SSSR count). The summed E-state index contributed by atoms with van der Waals surface area (Å²) in [6.45, 7) is 3.73. The maximum absolute atomic E-state index is 12.1. The standard InChI is InChI=1S/C14H21N3O4S/c1-9-7-11(14(19)17-6-4-5-13(15)18)8-12(10(9)2)22(20,21)16-3/h7-8,16H,4-6H2,1-3H3,(H2,15,18)(H,17,19). The average molecular weight is 327 g/mol. The predicted molar refractivity (Wildman–Crippen MR) is 82.9 cm³/mol. The second-order valence-electron chi connectivity index (χ2n) is 4.95. The van der Waals surface area contributed by atoms with Crippen LogP contribution in [0.4, 0.5) is 0 Å². The molecule has 7 nitrogen and oxygen atoms in total. The second kappa shape index (κ2) is 7.37. The van der Waals surface area contributed by atoms with Crippen LogP contribution in [0.25, 0.3) is 0 Å². The third-order valence-corrected chi connectivity index (χ3v) is 4.87. The quantitative estimate of drug-likeness (QED) is 0.620. The molecule has 0 spiro atoms. The number of primary amides is 1. The molecule has 1 aromatic rings. The van der Waals surface area contributed by atoms with Crippen LogP contribution in [0, 0.1) is 13.8 Å². The van der Waals surface area contributed by atoms with E-state index in [2.05, 4.69) is 10.0 Å². The van der Waals surface area contributed by atoms with Gasteiger partial charge in [0, 0.05) is 18.5 Å².